The number of aryl methyl sites for hydroxylation is 1. The van der Waals surface area contributed by atoms with Crippen molar-refractivity contribution in [1.82, 2.24) is 19.7 Å². The predicted molar refractivity (Wildman–Crippen MR) is 99.9 cm³/mol. The lowest BCUT2D eigenvalue weighted by Crippen LogP contribution is -2.12. The number of nitrogens with zero attached hydrogens (tertiary/aromatic N) is 4. The number of carbonyl (C=O) groups is 1. The molecule has 0 saturated heterocycles. The van der Waals surface area contributed by atoms with E-state index in [1.165, 1.54) is 0 Å². The lowest BCUT2D eigenvalue weighted by atomic mass is 10.0. The van der Waals surface area contributed by atoms with Gasteiger partial charge in [-0.05, 0) is 24.1 Å². The summed E-state index contributed by atoms with van der Waals surface area (Å²) in [5.74, 6) is 0.179. The molecule has 3 aromatic rings. The second-order valence-electron chi connectivity index (χ2n) is 6.29. The monoisotopic (exact) mass is 370 g/mol. The molecule has 26 heavy (non-hydrogen) atoms. The zero-order valence-electron chi connectivity index (χ0n) is 14.6. The number of benzene rings is 1. The number of hydrogen-bond acceptors (Lipinski definition) is 5. The van der Waals surface area contributed by atoms with Crippen molar-refractivity contribution in [2.75, 3.05) is 6.61 Å². The van der Waals surface area contributed by atoms with Crippen LogP contribution in [0, 0.1) is 5.92 Å². The number of carbonyl (C=O) groups excluding carboxylic acids is 1. The van der Waals surface area contributed by atoms with Crippen LogP contribution >= 0.6 is 11.6 Å². The standard InChI is InChI=1S/C19H19ClN4O2/c1-12(11-25)7-18(26)17-8-16(13-3-5-15(20)6-4-13)22-19(23-17)14-9-21-24(2)10-14/h3-6,8-10,12,25H,7,11H2,1-2H3/t12-/m1/s1. The van der Waals surface area contributed by atoms with Gasteiger partial charge in [0.15, 0.2) is 11.6 Å². The number of aromatic nitrogens is 4. The van der Waals surface area contributed by atoms with Crippen LogP contribution in [0.4, 0.5) is 0 Å². The van der Waals surface area contributed by atoms with Crippen LogP contribution in [0.25, 0.3) is 22.6 Å². The number of rotatable bonds is 6. The molecule has 0 aliphatic heterocycles. The SMILES string of the molecule is C[C@@H](CO)CC(=O)c1cc(-c2ccc(Cl)cc2)nc(-c2cnn(C)c2)n1. The summed E-state index contributed by atoms with van der Waals surface area (Å²) in [6.07, 6.45) is 3.68. The summed E-state index contributed by atoms with van der Waals surface area (Å²) in [6, 6.07) is 8.93. The molecule has 2 aromatic heterocycles. The highest BCUT2D eigenvalue weighted by molar-refractivity contribution is 6.30. The van der Waals surface area contributed by atoms with E-state index in [-0.39, 0.29) is 24.7 Å². The van der Waals surface area contributed by atoms with Crippen molar-refractivity contribution in [2.24, 2.45) is 13.0 Å². The average Bonchev–Trinajstić information content (AvgIpc) is 3.08. The van der Waals surface area contributed by atoms with Crippen LogP contribution in [0.2, 0.25) is 5.02 Å². The molecule has 6 nitrogen and oxygen atoms in total. The van der Waals surface area contributed by atoms with Gasteiger partial charge in [0.1, 0.15) is 5.69 Å². The number of Topliss-reactive ketones (excluding diaryl/α,β-unsaturated/α-hetero) is 1. The van der Waals surface area contributed by atoms with Gasteiger partial charge in [-0.15, -0.1) is 0 Å². The third-order valence-corrected chi connectivity index (χ3v) is 4.21. The topological polar surface area (TPSA) is 80.9 Å². The van der Waals surface area contributed by atoms with Crippen LogP contribution in [0.1, 0.15) is 23.8 Å². The van der Waals surface area contributed by atoms with Crippen LogP contribution in [-0.2, 0) is 7.05 Å². The van der Waals surface area contributed by atoms with Gasteiger partial charge < -0.3 is 5.11 Å². The van der Waals surface area contributed by atoms with Crippen LogP contribution < -0.4 is 0 Å². The van der Waals surface area contributed by atoms with E-state index in [4.69, 9.17) is 11.6 Å². The van der Waals surface area contributed by atoms with E-state index in [1.807, 2.05) is 26.1 Å². The van der Waals surface area contributed by atoms with Gasteiger partial charge >= 0.3 is 0 Å². The summed E-state index contributed by atoms with van der Waals surface area (Å²) < 4.78 is 1.66. The Bertz CT molecular complexity index is 922. The highest BCUT2D eigenvalue weighted by Crippen LogP contribution is 2.24. The molecule has 0 bridgehead atoms. The Balaban J connectivity index is 2.07. The van der Waals surface area contributed by atoms with Crippen molar-refractivity contribution in [3.05, 3.63) is 53.4 Å². The maximum Gasteiger partial charge on any atom is 0.181 e. The summed E-state index contributed by atoms with van der Waals surface area (Å²) in [5, 5.41) is 14.0. The first kappa shape index (κ1) is 18.2. The molecule has 0 amide bonds. The normalized spacial score (nSPS) is 12.2. The Morgan fingerprint density at radius 3 is 2.58 bits per heavy atom. The Morgan fingerprint density at radius 2 is 1.96 bits per heavy atom. The molecule has 0 aliphatic carbocycles. The number of ketones is 1. The molecule has 0 fully saturated rings. The van der Waals surface area contributed by atoms with Gasteiger partial charge in [0.25, 0.3) is 0 Å². The van der Waals surface area contributed by atoms with Crippen LogP contribution in [0.15, 0.2) is 42.7 Å². The predicted octanol–water partition coefficient (Wildman–Crippen LogP) is 3.40. The highest BCUT2D eigenvalue weighted by atomic mass is 35.5. The number of halogens is 1. The number of aliphatic hydroxyl groups excluding tert-OH is 1. The Kier molecular flexibility index (Phi) is 5.44. The Labute approximate surface area is 156 Å². The molecular weight excluding hydrogens is 352 g/mol. The zero-order chi connectivity index (χ0) is 18.7. The fourth-order valence-electron chi connectivity index (χ4n) is 2.51. The second-order valence-corrected chi connectivity index (χ2v) is 6.72. The lowest BCUT2D eigenvalue weighted by Gasteiger charge is -2.09. The fourth-order valence-corrected chi connectivity index (χ4v) is 2.64. The number of aliphatic hydroxyl groups is 1. The van der Waals surface area contributed by atoms with E-state index in [1.54, 1.807) is 35.3 Å². The molecule has 134 valence electrons. The smallest absolute Gasteiger partial charge is 0.181 e. The van der Waals surface area contributed by atoms with Crippen molar-refractivity contribution in [3.63, 3.8) is 0 Å². The van der Waals surface area contributed by atoms with Crippen LogP contribution in [0.3, 0.4) is 0 Å². The number of hydrogen-bond donors (Lipinski definition) is 1. The van der Waals surface area contributed by atoms with Gasteiger partial charge in [0, 0.05) is 36.9 Å². The summed E-state index contributed by atoms with van der Waals surface area (Å²) in [6.45, 7) is 1.78. The Hall–Kier alpha value is -2.57. The molecule has 1 atom stereocenters. The summed E-state index contributed by atoms with van der Waals surface area (Å²) in [4.78, 5) is 21.6. The van der Waals surface area contributed by atoms with E-state index in [9.17, 15) is 9.90 Å². The van der Waals surface area contributed by atoms with Gasteiger partial charge in [-0.25, -0.2) is 9.97 Å². The van der Waals surface area contributed by atoms with Crippen molar-refractivity contribution in [3.8, 4) is 22.6 Å². The maximum atomic E-state index is 12.6. The second kappa shape index (κ2) is 7.76. The third-order valence-electron chi connectivity index (χ3n) is 3.96. The minimum absolute atomic E-state index is 0.0453. The van der Waals surface area contributed by atoms with E-state index in [0.29, 0.717) is 22.2 Å². The third kappa shape index (κ3) is 4.15. The van der Waals surface area contributed by atoms with E-state index >= 15 is 0 Å². The summed E-state index contributed by atoms with van der Waals surface area (Å²) in [5.41, 5.74) is 2.53. The quantitative estimate of drug-likeness (QED) is 0.672. The van der Waals surface area contributed by atoms with Gasteiger partial charge in [0.05, 0.1) is 17.5 Å². The molecule has 1 N–H and O–H groups in total. The first-order valence-electron chi connectivity index (χ1n) is 8.24. The van der Waals surface area contributed by atoms with Gasteiger partial charge in [-0.1, -0.05) is 30.7 Å². The summed E-state index contributed by atoms with van der Waals surface area (Å²) >= 11 is 5.96. The van der Waals surface area contributed by atoms with Crippen molar-refractivity contribution in [1.29, 1.82) is 0 Å². The largest absolute Gasteiger partial charge is 0.396 e. The van der Waals surface area contributed by atoms with Gasteiger partial charge in [-0.2, -0.15) is 5.10 Å². The van der Waals surface area contributed by atoms with E-state index in [2.05, 4.69) is 15.1 Å². The molecular formula is C19H19ClN4O2. The van der Waals surface area contributed by atoms with E-state index in [0.717, 1.165) is 11.1 Å². The molecule has 1 aromatic carbocycles. The van der Waals surface area contributed by atoms with Gasteiger partial charge in [-0.3, -0.25) is 9.48 Å². The van der Waals surface area contributed by atoms with Crippen LogP contribution in [-0.4, -0.2) is 37.2 Å². The minimum Gasteiger partial charge on any atom is -0.396 e. The molecule has 3 rings (SSSR count). The zero-order valence-corrected chi connectivity index (χ0v) is 15.3. The molecule has 0 spiro atoms. The van der Waals surface area contributed by atoms with E-state index < -0.39 is 0 Å². The molecule has 0 saturated carbocycles. The first-order chi connectivity index (χ1) is 12.5. The lowest BCUT2D eigenvalue weighted by molar-refractivity contribution is 0.0938. The summed E-state index contributed by atoms with van der Waals surface area (Å²) in [7, 11) is 1.81. The van der Waals surface area contributed by atoms with Gasteiger partial charge in [0.2, 0.25) is 0 Å². The minimum atomic E-state index is -0.130. The molecule has 7 heteroatoms. The van der Waals surface area contributed by atoms with Crippen molar-refractivity contribution in [2.45, 2.75) is 13.3 Å². The van der Waals surface area contributed by atoms with Crippen molar-refractivity contribution >= 4 is 17.4 Å². The molecule has 0 aliphatic rings. The fraction of sp³-hybridized carbons (Fsp3) is 0.263. The first-order valence-corrected chi connectivity index (χ1v) is 8.62. The average molecular weight is 371 g/mol. The van der Waals surface area contributed by atoms with Crippen molar-refractivity contribution < 1.29 is 9.90 Å². The van der Waals surface area contributed by atoms with Crippen LogP contribution in [0.5, 0.6) is 0 Å². The molecule has 2 heterocycles. The Morgan fingerprint density at radius 1 is 1.23 bits per heavy atom. The highest BCUT2D eigenvalue weighted by Gasteiger charge is 2.17. The maximum absolute atomic E-state index is 12.6. The molecule has 0 unspecified atom stereocenters. The molecule has 0 radical (unpaired) electrons.